The van der Waals surface area contributed by atoms with E-state index in [0.717, 1.165) is 20.9 Å². The lowest BCUT2D eigenvalue weighted by Gasteiger charge is -1.99. The van der Waals surface area contributed by atoms with Crippen molar-refractivity contribution in [3.63, 3.8) is 0 Å². The summed E-state index contributed by atoms with van der Waals surface area (Å²) < 4.78 is 1.97. The highest BCUT2D eigenvalue weighted by molar-refractivity contribution is 7.15. The number of carbonyl (C=O) groups is 2. The Morgan fingerprint density at radius 3 is 2.88 bits per heavy atom. The van der Waals surface area contributed by atoms with Gasteiger partial charge < -0.3 is 0 Å². The number of thiophene rings is 2. The van der Waals surface area contributed by atoms with E-state index in [1.165, 1.54) is 29.0 Å². The Balaban J connectivity index is 1.55. The second-order valence-corrected chi connectivity index (χ2v) is 7.55. The predicted octanol–water partition coefficient (Wildman–Crippen LogP) is 4.01. The Kier molecular flexibility index (Phi) is 3.06. The van der Waals surface area contributed by atoms with Gasteiger partial charge in [-0.3, -0.25) is 14.2 Å². The van der Waals surface area contributed by atoms with Gasteiger partial charge in [0.1, 0.15) is 17.0 Å². The molecule has 25 heavy (non-hydrogen) atoms. The lowest BCUT2D eigenvalue weighted by Crippen LogP contribution is -1.99. The highest BCUT2D eigenvalue weighted by Crippen LogP contribution is 2.33. The Morgan fingerprint density at radius 2 is 2.00 bits per heavy atom. The number of hydrogen-bond acceptors (Lipinski definition) is 6. The van der Waals surface area contributed by atoms with Crippen LogP contribution in [0.15, 0.2) is 53.9 Å². The summed E-state index contributed by atoms with van der Waals surface area (Å²) in [5.74, 6) is -0.362. The maximum Gasteiger partial charge on any atom is 0.207 e. The molecule has 4 aromatic heterocycles. The first kappa shape index (κ1) is 14.4. The molecule has 1 aliphatic carbocycles. The topological polar surface area (TPSA) is 64.8 Å². The molecule has 4 aromatic rings. The number of allylic oxidation sites excluding steroid dienone is 1. The van der Waals surface area contributed by atoms with Crippen LogP contribution in [0.3, 0.4) is 0 Å². The van der Waals surface area contributed by atoms with Gasteiger partial charge in [0.05, 0.1) is 10.5 Å². The van der Waals surface area contributed by atoms with Crippen LogP contribution in [-0.4, -0.2) is 26.1 Å². The summed E-state index contributed by atoms with van der Waals surface area (Å²) in [4.78, 5) is 34.5. The second-order valence-electron chi connectivity index (χ2n) is 5.54. The minimum absolute atomic E-state index is 0.177. The van der Waals surface area contributed by atoms with Crippen LogP contribution in [0.2, 0.25) is 0 Å². The number of aromatic nitrogens is 3. The van der Waals surface area contributed by atoms with Gasteiger partial charge in [0, 0.05) is 28.2 Å². The smallest absolute Gasteiger partial charge is 0.207 e. The largest absolute Gasteiger partial charge is 0.292 e. The Hall–Kier alpha value is -2.90. The van der Waals surface area contributed by atoms with Crippen molar-refractivity contribution in [3.8, 4) is 5.00 Å². The summed E-state index contributed by atoms with van der Waals surface area (Å²) in [6, 6.07) is 7.53. The van der Waals surface area contributed by atoms with Crippen LogP contribution < -0.4 is 0 Å². The van der Waals surface area contributed by atoms with Gasteiger partial charge in [-0.15, -0.1) is 22.7 Å². The first-order valence-electron chi connectivity index (χ1n) is 7.48. The van der Waals surface area contributed by atoms with Crippen LogP contribution in [0, 0.1) is 0 Å². The average molecular weight is 363 g/mol. The average Bonchev–Trinajstić information content (AvgIpc) is 3.38. The highest BCUT2D eigenvalue weighted by Gasteiger charge is 2.34. The van der Waals surface area contributed by atoms with E-state index < -0.39 is 0 Å². The number of carbonyl (C=O) groups excluding carboxylic acids is 2. The Bertz CT molecular complexity index is 1160. The SMILES string of the molecule is O=C1/C(=C\c2ccc(-n3ccc4cncnc43)s2)C(=O)c2sccc21. The number of ketones is 2. The molecular weight excluding hydrogens is 354 g/mol. The minimum atomic E-state index is -0.185. The van der Waals surface area contributed by atoms with E-state index >= 15 is 0 Å². The molecule has 0 aliphatic heterocycles. The van der Waals surface area contributed by atoms with Crippen LogP contribution >= 0.6 is 22.7 Å². The van der Waals surface area contributed by atoms with Gasteiger partial charge in [0.25, 0.3) is 0 Å². The zero-order chi connectivity index (χ0) is 17.0. The van der Waals surface area contributed by atoms with E-state index in [1.807, 2.05) is 29.0 Å². The molecule has 0 unspecified atom stereocenters. The van der Waals surface area contributed by atoms with Crippen LogP contribution in [-0.2, 0) is 0 Å². The monoisotopic (exact) mass is 363 g/mol. The van der Waals surface area contributed by atoms with Crippen LogP contribution in [0.25, 0.3) is 22.1 Å². The number of fused-ring (bicyclic) bond motifs is 2. The summed E-state index contributed by atoms with van der Waals surface area (Å²) >= 11 is 2.82. The van der Waals surface area contributed by atoms with Crippen LogP contribution in [0.4, 0.5) is 0 Å². The third-order valence-electron chi connectivity index (χ3n) is 4.09. The summed E-state index contributed by atoms with van der Waals surface area (Å²) in [5.41, 5.74) is 1.59. The van der Waals surface area contributed by atoms with E-state index in [0.29, 0.717) is 10.4 Å². The van der Waals surface area contributed by atoms with Crippen LogP contribution in [0.5, 0.6) is 0 Å². The number of Topliss-reactive ketones (excluding diaryl/α,β-unsaturated/α-hetero) is 2. The third-order valence-corrected chi connectivity index (χ3v) is 6.04. The molecule has 0 fully saturated rings. The highest BCUT2D eigenvalue weighted by atomic mass is 32.1. The van der Waals surface area contributed by atoms with Gasteiger partial charge in [-0.2, -0.15) is 0 Å². The quantitative estimate of drug-likeness (QED) is 0.399. The van der Waals surface area contributed by atoms with Crippen molar-refractivity contribution in [1.82, 2.24) is 14.5 Å². The molecule has 5 nitrogen and oxygen atoms in total. The van der Waals surface area contributed by atoms with E-state index in [9.17, 15) is 9.59 Å². The van der Waals surface area contributed by atoms with Crippen molar-refractivity contribution >= 4 is 51.3 Å². The lowest BCUT2D eigenvalue weighted by molar-refractivity contribution is 0.0991. The fourth-order valence-corrected chi connectivity index (χ4v) is 4.69. The van der Waals surface area contributed by atoms with Crippen molar-refractivity contribution < 1.29 is 9.59 Å². The summed E-state index contributed by atoms with van der Waals surface area (Å²) in [7, 11) is 0. The molecule has 0 radical (unpaired) electrons. The van der Waals surface area contributed by atoms with Gasteiger partial charge >= 0.3 is 0 Å². The molecule has 0 N–H and O–H groups in total. The zero-order valence-electron chi connectivity index (χ0n) is 12.7. The molecule has 0 bridgehead atoms. The maximum atomic E-state index is 12.4. The molecule has 120 valence electrons. The minimum Gasteiger partial charge on any atom is -0.292 e. The number of hydrogen-bond donors (Lipinski definition) is 0. The van der Waals surface area contributed by atoms with Gasteiger partial charge in [0.2, 0.25) is 5.78 Å². The number of rotatable bonds is 2. The Labute approximate surface area is 149 Å². The van der Waals surface area contributed by atoms with Gasteiger partial charge in [-0.25, -0.2) is 9.97 Å². The van der Waals surface area contributed by atoms with E-state index in [-0.39, 0.29) is 17.1 Å². The molecule has 7 heteroatoms. The zero-order valence-corrected chi connectivity index (χ0v) is 14.3. The summed E-state index contributed by atoms with van der Waals surface area (Å²) in [6.07, 6.45) is 6.91. The molecule has 0 saturated heterocycles. The summed E-state index contributed by atoms with van der Waals surface area (Å²) in [5, 5.41) is 3.70. The normalized spacial score (nSPS) is 15.4. The molecule has 0 amide bonds. The molecule has 0 saturated carbocycles. The molecule has 4 heterocycles. The van der Waals surface area contributed by atoms with Crippen molar-refractivity contribution in [2.45, 2.75) is 0 Å². The van der Waals surface area contributed by atoms with Gasteiger partial charge in [-0.05, 0) is 35.7 Å². The molecule has 0 aromatic carbocycles. The fourth-order valence-electron chi connectivity index (χ4n) is 2.91. The molecule has 0 spiro atoms. The van der Waals surface area contributed by atoms with Crippen LogP contribution in [0.1, 0.15) is 24.9 Å². The molecule has 0 atom stereocenters. The standard InChI is InChI=1S/C18H9N3O2S2/c22-15-12-4-6-24-17(12)16(23)13(15)7-11-1-2-14(25-11)21-5-3-10-8-19-9-20-18(10)21/h1-9H/b13-7+. The molecule has 1 aliphatic rings. The van der Waals surface area contributed by atoms with E-state index in [1.54, 1.807) is 23.7 Å². The Morgan fingerprint density at radius 1 is 1.08 bits per heavy atom. The van der Waals surface area contributed by atoms with Gasteiger partial charge in [0.15, 0.2) is 5.78 Å². The fraction of sp³-hybridized carbons (Fsp3) is 0. The second kappa shape index (κ2) is 5.30. The number of nitrogens with zero attached hydrogens (tertiary/aromatic N) is 3. The molecule has 5 rings (SSSR count). The van der Waals surface area contributed by atoms with Crippen molar-refractivity contribution in [3.05, 3.63) is 69.3 Å². The summed E-state index contributed by atoms with van der Waals surface area (Å²) in [6.45, 7) is 0. The van der Waals surface area contributed by atoms with E-state index in [2.05, 4.69) is 9.97 Å². The first-order valence-corrected chi connectivity index (χ1v) is 9.18. The first-order chi connectivity index (χ1) is 12.2. The lowest BCUT2D eigenvalue weighted by atomic mass is 10.1. The van der Waals surface area contributed by atoms with Gasteiger partial charge in [-0.1, -0.05) is 0 Å². The predicted molar refractivity (Wildman–Crippen MR) is 97.7 cm³/mol. The third kappa shape index (κ3) is 2.13. The molecular formula is C18H9N3O2S2. The van der Waals surface area contributed by atoms with Crippen molar-refractivity contribution in [2.75, 3.05) is 0 Å². The maximum absolute atomic E-state index is 12.4. The van der Waals surface area contributed by atoms with Crippen molar-refractivity contribution in [1.29, 1.82) is 0 Å². The van der Waals surface area contributed by atoms with Crippen molar-refractivity contribution in [2.24, 2.45) is 0 Å². The van der Waals surface area contributed by atoms with E-state index in [4.69, 9.17) is 0 Å².